The van der Waals surface area contributed by atoms with Crippen molar-refractivity contribution in [2.45, 2.75) is 6.04 Å². The average molecular weight is 435 g/mol. The minimum absolute atomic E-state index is 0.0401. The minimum Gasteiger partial charge on any atom is -0.324 e. The summed E-state index contributed by atoms with van der Waals surface area (Å²) in [5.74, 6) is 0.728. The molecule has 0 spiro atoms. The maximum Gasteiger partial charge on any atom is 0.226 e. The lowest BCUT2D eigenvalue weighted by Gasteiger charge is -2.24. The molecule has 1 aliphatic heterocycles. The van der Waals surface area contributed by atoms with Crippen molar-refractivity contribution in [3.8, 4) is 0 Å². The van der Waals surface area contributed by atoms with Gasteiger partial charge in [0, 0.05) is 14.3 Å². The number of halogens is 2. The summed E-state index contributed by atoms with van der Waals surface area (Å²) in [4.78, 5) is 4.31. The molecule has 1 aromatic heterocycles. The Kier molecular flexibility index (Phi) is 3.82. The number of hydrogen-bond donors (Lipinski definition) is 1. The summed E-state index contributed by atoms with van der Waals surface area (Å²) >= 11 is 8.46. The van der Waals surface area contributed by atoms with Gasteiger partial charge in [0.25, 0.3) is 0 Å². The Hall–Kier alpha value is -1.86. The van der Waals surface area contributed by atoms with E-state index in [2.05, 4.69) is 74.4 Å². The van der Waals surface area contributed by atoms with E-state index in [-0.39, 0.29) is 6.04 Å². The molecule has 1 N–H and O–H groups in total. The lowest BCUT2D eigenvalue weighted by atomic mass is 10.0. The third-order valence-electron chi connectivity index (χ3n) is 3.75. The maximum absolute atomic E-state index is 6.15. The van der Waals surface area contributed by atoms with Crippen molar-refractivity contribution in [2.24, 2.45) is 0 Å². The monoisotopic (exact) mass is 434 g/mol. The quantitative estimate of drug-likeness (QED) is 0.600. The molecule has 0 aliphatic carbocycles. The molecule has 0 amide bonds. The molecule has 4 nitrogen and oxygen atoms in total. The summed E-state index contributed by atoms with van der Waals surface area (Å²) in [6.07, 6.45) is 3.71. The lowest BCUT2D eigenvalue weighted by Crippen LogP contribution is -2.20. The second kappa shape index (κ2) is 5.98. The zero-order valence-electron chi connectivity index (χ0n) is 11.9. The molecule has 114 valence electrons. The summed E-state index contributed by atoms with van der Waals surface area (Å²) in [7, 11) is 0. The average Bonchev–Trinajstić information content (AvgIpc) is 3.03. The molecular formula is C17H12ClIN4. The summed E-state index contributed by atoms with van der Waals surface area (Å²) in [5, 5.41) is 8.40. The third kappa shape index (κ3) is 2.86. The first-order valence-corrected chi connectivity index (χ1v) is 8.56. The Morgan fingerprint density at radius 2 is 1.96 bits per heavy atom. The van der Waals surface area contributed by atoms with Crippen molar-refractivity contribution in [1.82, 2.24) is 14.8 Å². The van der Waals surface area contributed by atoms with E-state index in [0.29, 0.717) is 5.02 Å². The van der Waals surface area contributed by atoms with Gasteiger partial charge in [-0.25, -0.2) is 4.68 Å². The zero-order chi connectivity index (χ0) is 15.8. The number of hydrogen-bond acceptors (Lipinski definition) is 3. The number of nitrogens with zero attached hydrogens (tertiary/aromatic N) is 3. The van der Waals surface area contributed by atoms with Gasteiger partial charge in [0.2, 0.25) is 5.95 Å². The topological polar surface area (TPSA) is 42.7 Å². The number of benzene rings is 2. The number of rotatable bonds is 2. The summed E-state index contributed by atoms with van der Waals surface area (Å²) in [6.45, 7) is 0. The Morgan fingerprint density at radius 1 is 1.13 bits per heavy atom. The lowest BCUT2D eigenvalue weighted by molar-refractivity contribution is 0.612. The Balaban J connectivity index is 1.81. The molecule has 1 atom stereocenters. The van der Waals surface area contributed by atoms with Crippen molar-refractivity contribution < 1.29 is 0 Å². The van der Waals surface area contributed by atoms with Gasteiger partial charge < -0.3 is 5.32 Å². The van der Waals surface area contributed by atoms with E-state index in [0.717, 1.165) is 22.8 Å². The van der Waals surface area contributed by atoms with Crippen molar-refractivity contribution in [1.29, 1.82) is 0 Å². The van der Waals surface area contributed by atoms with Crippen LogP contribution < -0.4 is 5.32 Å². The standard InChI is InChI=1S/C17H12ClIN4/c18-13-3-1-2-12(8-13)16-9-15(11-4-6-14(19)7-5-11)22-17-20-10-21-23(16)17/h1-10,16H,(H,20,21,22)/t16-/m0/s1. The van der Waals surface area contributed by atoms with Gasteiger partial charge in [-0.2, -0.15) is 10.1 Å². The molecular weight excluding hydrogens is 423 g/mol. The largest absolute Gasteiger partial charge is 0.324 e. The van der Waals surface area contributed by atoms with E-state index in [4.69, 9.17) is 11.6 Å². The van der Waals surface area contributed by atoms with Gasteiger partial charge in [-0.1, -0.05) is 35.9 Å². The van der Waals surface area contributed by atoms with Crippen molar-refractivity contribution >= 4 is 45.8 Å². The van der Waals surface area contributed by atoms with E-state index in [1.54, 1.807) is 6.33 Å². The van der Waals surface area contributed by atoms with Crippen LogP contribution in [0.1, 0.15) is 17.2 Å². The van der Waals surface area contributed by atoms with Crippen molar-refractivity contribution in [3.63, 3.8) is 0 Å². The van der Waals surface area contributed by atoms with Crippen molar-refractivity contribution in [2.75, 3.05) is 5.32 Å². The highest BCUT2D eigenvalue weighted by atomic mass is 127. The molecule has 0 radical (unpaired) electrons. The molecule has 0 bridgehead atoms. The number of anilines is 1. The molecule has 1 aliphatic rings. The van der Waals surface area contributed by atoms with Crippen molar-refractivity contribution in [3.05, 3.63) is 80.7 Å². The third-order valence-corrected chi connectivity index (χ3v) is 4.71. The van der Waals surface area contributed by atoms with Crippen LogP contribution >= 0.6 is 34.2 Å². The minimum atomic E-state index is -0.0401. The molecule has 0 saturated carbocycles. The normalized spacial score (nSPS) is 16.4. The smallest absolute Gasteiger partial charge is 0.226 e. The van der Waals surface area contributed by atoms with E-state index in [9.17, 15) is 0 Å². The molecule has 6 heteroatoms. The van der Waals surface area contributed by atoms with E-state index in [1.807, 2.05) is 22.9 Å². The summed E-state index contributed by atoms with van der Waals surface area (Å²) in [5.41, 5.74) is 3.22. The van der Waals surface area contributed by atoms with Crippen LogP contribution in [-0.4, -0.2) is 14.8 Å². The first kappa shape index (κ1) is 14.7. The molecule has 23 heavy (non-hydrogen) atoms. The maximum atomic E-state index is 6.15. The first-order chi connectivity index (χ1) is 11.2. The predicted octanol–water partition coefficient (Wildman–Crippen LogP) is 4.59. The van der Waals surface area contributed by atoms with Crippen LogP contribution in [0.4, 0.5) is 5.95 Å². The zero-order valence-corrected chi connectivity index (χ0v) is 14.9. The Labute approximate surface area is 152 Å². The van der Waals surface area contributed by atoms with Gasteiger partial charge >= 0.3 is 0 Å². The SMILES string of the molecule is Clc1cccc([C@@H]2C=C(c3ccc(I)cc3)Nc3ncnn32)c1. The van der Waals surface area contributed by atoms with Crippen LogP contribution in [0.5, 0.6) is 0 Å². The van der Waals surface area contributed by atoms with Gasteiger partial charge in [-0.05, 0) is 64.1 Å². The molecule has 2 heterocycles. The van der Waals surface area contributed by atoms with Gasteiger partial charge in [-0.15, -0.1) is 0 Å². The van der Waals surface area contributed by atoms with Crippen LogP contribution in [0.15, 0.2) is 60.9 Å². The summed E-state index contributed by atoms with van der Waals surface area (Å²) < 4.78 is 3.07. The first-order valence-electron chi connectivity index (χ1n) is 7.10. The van der Waals surface area contributed by atoms with Gasteiger partial charge in [0.1, 0.15) is 12.4 Å². The molecule has 2 aromatic carbocycles. The van der Waals surface area contributed by atoms with E-state index in [1.165, 1.54) is 3.57 Å². The van der Waals surface area contributed by atoms with Crippen LogP contribution in [0, 0.1) is 3.57 Å². The highest BCUT2D eigenvalue weighted by Gasteiger charge is 2.23. The number of aromatic nitrogens is 3. The van der Waals surface area contributed by atoms with Crippen LogP contribution in [-0.2, 0) is 0 Å². The fraction of sp³-hybridized carbons (Fsp3) is 0.0588. The molecule has 0 unspecified atom stereocenters. The summed E-state index contributed by atoms with van der Waals surface area (Å²) in [6, 6.07) is 16.2. The Bertz CT molecular complexity index is 886. The molecule has 3 aromatic rings. The van der Waals surface area contributed by atoms with Crippen LogP contribution in [0.25, 0.3) is 5.70 Å². The van der Waals surface area contributed by atoms with E-state index >= 15 is 0 Å². The van der Waals surface area contributed by atoms with Gasteiger partial charge in [0.05, 0.1) is 0 Å². The van der Waals surface area contributed by atoms with Crippen LogP contribution in [0.2, 0.25) is 5.02 Å². The fourth-order valence-corrected chi connectivity index (χ4v) is 3.22. The fourth-order valence-electron chi connectivity index (χ4n) is 2.66. The second-order valence-electron chi connectivity index (χ2n) is 5.24. The van der Waals surface area contributed by atoms with E-state index < -0.39 is 0 Å². The highest BCUT2D eigenvalue weighted by molar-refractivity contribution is 14.1. The van der Waals surface area contributed by atoms with Crippen LogP contribution in [0.3, 0.4) is 0 Å². The highest BCUT2D eigenvalue weighted by Crippen LogP contribution is 2.32. The number of nitrogens with one attached hydrogen (secondary N) is 1. The predicted molar refractivity (Wildman–Crippen MR) is 100 cm³/mol. The second-order valence-corrected chi connectivity index (χ2v) is 6.92. The molecule has 4 rings (SSSR count). The molecule has 0 saturated heterocycles. The molecule has 0 fully saturated rings. The van der Waals surface area contributed by atoms with Gasteiger partial charge in [-0.3, -0.25) is 0 Å². The number of fused-ring (bicyclic) bond motifs is 1. The van der Waals surface area contributed by atoms with Gasteiger partial charge in [0.15, 0.2) is 0 Å². The number of allylic oxidation sites excluding steroid dienone is 1. The Morgan fingerprint density at radius 3 is 2.74 bits per heavy atom.